The molecule has 0 aliphatic rings. The SMILES string of the molecule is Cc1nc2ccccc2c(C=O)c1N. The lowest BCUT2D eigenvalue weighted by Crippen LogP contribution is -2.00. The van der Waals surface area contributed by atoms with Gasteiger partial charge in [-0.15, -0.1) is 0 Å². The Bertz CT molecular complexity index is 506. The smallest absolute Gasteiger partial charge is 0.152 e. The van der Waals surface area contributed by atoms with E-state index in [4.69, 9.17) is 5.73 Å². The first-order valence-electron chi connectivity index (χ1n) is 4.34. The third kappa shape index (κ3) is 1.14. The Kier molecular flexibility index (Phi) is 1.93. The maximum atomic E-state index is 10.9. The van der Waals surface area contributed by atoms with E-state index in [2.05, 4.69) is 4.98 Å². The van der Waals surface area contributed by atoms with E-state index in [-0.39, 0.29) is 0 Å². The lowest BCUT2D eigenvalue weighted by atomic mass is 10.1. The molecule has 0 saturated heterocycles. The van der Waals surface area contributed by atoms with Crippen molar-refractivity contribution in [1.82, 2.24) is 4.98 Å². The van der Waals surface area contributed by atoms with Gasteiger partial charge in [0.2, 0.25) is 0 Å². The lowest BCUT2D eigenvalue weighted by Gasteiger charge is -2.06. The van der Waals surface area contributed by atoms with Crippen LogP contribution in [-0.4, -0.2) is 11.3 Å². The number of aldehydes is 1. The number of nitrogen functional groups attached to an aromatic ring is 1. The summed E-state index contributed by atoms with van der Waals surface area (Å²) < 4.78 is 0. The highest BCUT2D eigenvalue weighted by atomic mass is 16.1. The van der Waals surface area contributed by atoms with Crippen LogP contribution in [0.2, 0.25) is 0 Å². The van der Waals surface area contributed by atoms with Gasteiger partial charge in [-0.2, -0.15) is 0 Å². The second-order valence-electron chi connectivity index (χ2n) is 3.16. The van der Waals surface area contributed by atoms with Crippen LogP contribution in [0.3, 0.4) is 0 Å². The Morgan fingerprint density at radius 3 is 2.79 bits per heavy atom. The Morgan fingerprint density at radius 2 is 2.07 bits per heavy atom. The number of para-hydroxylation sites is 1. The molecule has 0 atom stereocenters. The summed E-state index contributed by atoms with van der Waals surface area (Å²) >= 11 is 0. The number of pyridine rings is 1. The van der Waals surface area contributed by atoms with Gasteiger partial charge in [-0.25, -0.2) is 0 Å². The van der Waals surface area contributed by atoms with Crippen molar-refractivity contribution < 1.29 is 4.79 Å². The van der Waals surface area contributed by atoms with E-state index in [1.54, 1.807) is 6.92 Å². The molecule has 0 spiro atoms. The minimum atomic E-state index is 0.471. The molecule has 0 fully saturated rings. The molecule has 0 saturated carbocycles. The van der Waals surface area contributed by atoms with Crippen LogP contribution in [0, 0.1) is 6.92 Å². The number of hydrogen-bond donors (Lipinski definition) is 1. The molecule has 1 heterocycles. The molecule has 2 N–H and O–H groups in total. The number of fused-ring (bicyclic) bond motifs is 1. The van der Waals surface area contributed by atoms with E-state index in [1.807, 2.05) is 24.3 Å². The largest absolute Gasteiger partial charge is 0.397 e. The summed E-state index contributed by atoms with van der Waals surface area (Å²) in [5.41, 5.74) is 8.28. The van der Waals surface area contributed by atoms with Gasteiger partial charge in [0.1, 0.15) is 0 Å². The number of nitrogens with zero attached hydrogens (tertiary/aromatic N) is 1. The zero-order valence-corrected chi connectivity index (χ0v) is 7.82. The zero-order chi connectivity index (χ0) is 10.1. The quantitative estimate of drug-likeness (QED) is 0.692. The van der Waals surface area contributed by atoms with E-state index in [9.17, 15) is 4.79 Å². The first-order chi connectivity index (χ1) is 6.74. The molecule has 1 aromatic heterocycles. The van der Waals surface area contributed by atoms with E-state index < -0.39 is 0 Å². The molecule has 3 nitrogen and oxygen atoms in total. The monoisotopic (exact) mass is 186 g/mol. The molecule has 1 aromatic carbocycles. The van der Waals surface area contributed by atoms with Gasteiger partial charge in [0, 0.05) is 10.9 Å². The molecule has 2 rings (SSSR count). The third-order valence-electron chi connectivity index (χ3n) is 2.28. The predicted molar refractivity (Wildman–Crippen MR) is 56.3 cm³/mol. The summed E-state index contributed by atoms with van der Waals surface area (Å²) in [6.07, 6.45) is 0.784. The third-order valence-corrected chi connectivity index (χ3v) is 2.28. The van der Waals surface area contributed by atoms with E-state index in [0.717, 1.165) is 17.2 Å². The van der Waals surface area contributed by atoms with Crippen molar-refractivity contribution in [3.8, 4) is 0 Å². The number of benzene rings is 1. The highest BCUT2D eigenvalue weighted by Crippen LogP contribution is 2.23. The highest BCUT2D eigenvalue weighted by Gasteiger charge is 2.07. The first-order valence-corrected chi connectivity index (χ1v) is 4.34. The fourth-order valence-corrected chi connectivity index (χ4v) is 1.51. The highest BCUT2D eigenvalue weighted by molar-refractivity contribution is 6.01. The number of nitrogens with two attached hydrogens (primary N) is 1. The van der Waals surface area contributed by atoms with E-state index >= 15 is 0 Å². The van der Waals surface area contributed by atoms with Crippen molar-refractivity contribution in [1.29, 1.82) is 0 Å². The minimum Gasteiger partial charge on any atom is -0.397 e. The fraction of sp³-hybridized carbons (Fsp3) is 0.0909. The molecule has 3 heteroatoms. The molecule has 14 heavy (non-hydrogen) atoms. The number of aromatic nitrogens is 1. The summed E-state index contributed by atoms with van der Waals surface area (Å²) in [7, 11) is 0. The number of carbonyl (C=O) groups excluding carboxylic acids is 1. The zero-order valence-electron chi connectivity index (χ0n) is 7.82. The standard InChI is InChI=1S/C11H10N2O/c1-7-11(12)9(6-14)8-4-2-3-5-10(8)13-7/h2-6H,12H2,1H3. The van der Waals surface area contributed by atoms with Crippen molar-refractivity contribution in [2.24, 2.45) is 0 Å². The van der Waals surface area contributed by atoms with Crippen LogP contribution in [0.1, 0.15) is 16.1 Å². The molecule has 0 amide bonds. The lowest BCUT2D eigenvalue weighted by molar-refractivity contribution is 0.112. The molecular formula is C11H10N2O. The van der Waals surface area contributed by atoms with Crippen molar-refractivity contribution in [2.45, 2.75) is 6.92 Å². The van der Waals surface area contributed by atoms with Crippen molar-refractivity contribution in [2.75, 3.05) is 5.73 Å². The van der Waals surface area contributed by atoms with Crippen LogP contribution in [0.25, 0.3) is 10.9 Å². The number of anilines is 1. The van der Waals surface area contributed by atoms with Gasteiger partial charge in [-0.3, -0.25) is 9.78 Å². The molecule has 2 aromatic rings. The number of rotatable bonds is 1. The van der Waals surface area contributed by atoms with Crippen LogP contribution >= 0.6 is 0 Å². The van der Waals surface area contributed by atoms with E-state index in [1.165, 1.54) is 0 Å². The maximum absolute atomic E-state index is 10.9. The Balaban J connectivity index is 2.96. The van der Waals surface area contributed by atoms with Gasteiger partial charge in [0.15, 0.2) is 6.29 Å². The van der Waals surface area contributed by atoms with Gasteiger partial charge in [0.05, 0.1) is 16.9 Å². The summed E-state index contributed by atoms with van der Waals surface area (Å²) in [6.45, 7) is 1.80. The summed E-state index contributed by atoms with van der Waals surface area (Å²) in [5, 5.41) is 0.811. The Morgan fingerprint density at radius 1 is 1.36 bits per heavy atom. The van der Waals surface area contributed by atoms with Crippen LogP contribution < -0.4 is 5.73 Å². The number of hydrogen-bond acceptors (Lipinski definition) is 3. The van der Waals surface area contributed by atoms with Gasteiger partial charge < -0.3 is 5.73 Å². The van der Waals surface area contributed by atoms with Crippen molar-refractivity contribution in [3.05, 3.63) is 35.5 Å². The van der Waals surface area contributed by atoms with Gasteiger partial charge in [-0.1, -0.05) is 18.2 Å². The average molecular weight is 186 g/mol. The molecule has 0 unspecified atom stereocenters. The Hall–Kier alpha value is -1.90. The van der Waals surface area contributed by atoms with Crippen molar-refractivity contribution >= 4 is 22.9 Å². The van der Waals surface area contributed by atoms with Gasteiger partial charge in [0.25, 0.3) is 0 Å². The fourth-order valence-electron chi connectivity index (χ4n) is 1.51. The van der Waals surface area contributed by atoms with Crippen LogP contribution in [0.5, 0.6) is 0 Å². The maximum Gasteiger partial charge on any atom is 0.152 e. The van der Waals surface area contributed by atoms with Crippen LogP contribution in [0.15, 0.2) is 24.3 Å². The molecule has 0 bridgehead atoms. The van der Waals surface area contributed by atoms with Crippen LogP contribution in [-0.2, 0) is 0 Å². The molecule has 0 aliphatic heterocycles. The normalized spacial score (nSPS) is 10.4. The summed E-state index contributed by atoms with van der Waals surface area (Å²) in [6, 6.07) is 7.47. The van der Waals surface area contributed by atoms with Gasteiger partial charge >= 0.3 is 0 Å². The van der Waals surface area contributed by atoms with E-state index in [0.29, 0.717) is 16.9 Å². The molecular weight excluding hydrogens is 176 g/mol. The second kappa shape index (κ2) is 3.10. The average Bonchev–Trinajstić information content (AvgIpc) is 2.20. The first kappa shape index (κ1) is 8.69. The molecule has 70 valence electrons. The number of carbonyl (C=O) groups is 1. The van der Waals surface area contributed by atoms with Gasteiger partial charge in [-0.05, 0) is 13.0 Å². The number of aryl methyl sites for hydroxylation is 1. The van der Waals surface area contributed by atoms with Crippen LogP contribution in [0.4, 0.5) is 5.69 Å². The Labute approximate surface area is 81.6 Å². The second-order valence-corrected chi connectivity index (χ2v) is 3.16. The van der Waals surface area contributed by atoms with Crippen molar-refractivity contribution in [3.63, 3.8) is 0 Å². The molecule has 0 radical (unpaired) electrons. The molecule has 0 aliphatic carbocycles. The summed E-state index contributed by atoms with van der Waals surface area (Å²) in [4.78, 5) is 15.2. The predicted octanol–water partition coefficient (Wildman–Crippen LogP) is 1.94. The topological polar surface area (TPSA) is 56.0 Å². The summed E-state index contributed by atoms with van der Waals surface area (Å²) in [5.74, 6) is 0. The minimum absolute atomic E-state index is 0.471.